The molecule has 8 rings (SSSR count). The molecule has 0 aliphatic carbocycles. The topological polar surface area (TPSA) is 199 Å². The van der Waals surface area contributed by atoms with Crippen LogP contribution in [0.2, 0.25) is 0 Å². The number of aromatic nitrogens is 2. The Hall–Kier alpha value is -6.42. The number of para-hydroxylation sites is 2. The molecule has 0 fully saturated rings. The number of benzene rings is 4. The number of carbonyl (C=O) groups is 1. The molecule has 0 radical (unpaired) electrons. The van der Waals surface area contributed by atoms with E-state index in [4.69, 9.17) is 29.3 Å². The average Bonchev–Trinajstić information content (AvgIpc) is 3.95. The maximum Gasteiger partial charge on any atom is 0.373 e. The standard InChI is InChI=1S/C22H20N2O4S.C16H8FNO2S.C8H19N.C5H13N.CO2/c25-20(26)8-2-1-5-11-23-15-10-9-14-12-16(22(27)28-18(14)13-15)21-24-17-6-3-4-7-19(17)29-21;17-10-6-5-9-7-11(16(19)20-13(9)8-10)15-18-12-3-1-2-4-14(12)21-15;1-6-9(7(2)3)8(4)5;1-2-3-4-5-6;2-1-3/h3-4,6-7,9-10,12-13,23H,1-2,5,8,11H2,(H,25,26);1-8H;7-8H,6H2,1-5H3;2-6H2,1H3;. The Morgan fingerprint density at radius 2 is 1.25 bits per heavy atom. The van der Waals surface area contributed by atoms with E-state index in [0.29, 0.717) is 50.6 Å². The van der Waals surface area contributed by atoms with Gasteiger partial charge < -0.3 is 25.0 Å². The van der Waals surface area contributed by atoms with Crippen LogP contribution in [0, 0.1) is 5.82 Å². The van der Waals surface area contributed by atoms with Crippen molar-refractivity contribution >= 4 is 82.9 Å². The lowest BCUT2D eigenvalue weighted by atomic mass is 10.1. The van der Waals surface area contributed by atoms with E-state index in [1.165, 1.54) is 54.1 Å². The lowest BCUT2D eigenvalue weighted by molar-refractivity contribution is -0.191. The van der Waals surface area contributed by atoms with Crippen LogP contribution in [0.1, 0.15) is 86.5 Å². The van der Waals surface area contributed by atoms with E-state index in [1.807, 2.05) is 72.8 Å². The van der Waals surface area contributed by atoms with Crippen molar-refractivity contribution in [2.24, 2.45) is 5.73 Å². The Balaban J connectivity index is 0.000000224. The van der Waals surface area contributed by atoms with Crippen molar-refractivity contribution in [1.29, 1.82) is 0 Å². The van der Waals surface area contributed by atoms with Crippen LogP contribution in [0.15, 0.2) is 115 Å². The van der Waals surface area contributed by atoms with E-state index in [0.717, 1.165) is 64.0 Å². The van der Waals surface area contributed by atoms with Crippen molar-refractivity contribution in [2.75, 3.05) is 25.0 Å². The Labute approximate surface area is 402 Å². The summed E-state index contributed by atoms with van der Waals surface area (Å²) in [5.41, 5.74) is 8.52. The summed E-state index contributed by atoms with van der Waals surface area (Å²) in [5.74, 6) is -1.19. The van der Waals surface area contributed by atoms with E-state index in [1.54, 1.807) is 12.1 Å². The van der Waals surface area contributed by atoms with Gasteiger partial charge in [0.1, 0.15) is 27.0 Å². The van der Waals surface area contributed by atoms with Gasteiger partial charge in [0.05, 0.1) is 31.6 Å². The molecule has 8 aromatic rings. The molecule has 360 valence electrons. The van der Waals surface area contributed by atoms with E-state index < -0.39 is 23.0 Å². The highest BCUT2D eigenvalue weighted by Gasteiger charge is 2.15. The number of nitrogens with two attached hydrogens (primary N) is 1. The van der Waals surface area contributed by atoms with E-state index >= 15 is 0 Å². The number of nitrogens with zero attached hydrogens (tertiary/aromatic N) is 3. The highest BCUT2D eigenvalue weighted by Crippen LogP contribution is 2.31. The van der Waals surface area contributed by atoms with E-state index in [2.05, 4.69) is 61.7 Å². The number of unbranched alkanes of at least 4 members (excludes halogenated alkanes) is 4. The molecule has 68 heavy (non-hydrogen) atoms. The number of hydrogen-bond acceptors (Lipinski definition) is 14. The quantitative estimate of drug-likeness (QED) is 0.0648. The maximum absolute atomic E-state index is 13.2. The van der Waals surface area contributed by atoms with Gasteiger partial charge in [0.15, 0.2) is 0 Å². The van der Waals surface area contributed by atoms with Gasteiger partial charge in [-0.05, 0) is 121 Å². The van der Waals surface area contributed by atoms with Crippen molar-refractivity contribution in [2.45, 2.75) is 98.6 Å². The van der Waals surface area contributed by atoms with Crippen LogP contribution in [0.3, 0.4) is 0 Å². The first kappa shape index (κ1) is 54.2. The smallest absolute Gasteiger partial charge is 0.373 e. The fourth-order valence-electron chi connectivity index (χ4n) is 7.11. The van der Waals surface area contributed by atoms with Crippen LogP contribution in [0.25, 0.3) is 63.5 Å². The molecule has 0 bridgehead atoms. The molecule has 13 nitrogen and oxygen atoms in total. The van der Waals surface area contributed by atoms with Crippen LogP contribution in [0.5, 0.6) is 0 Å². The number of anilines is 1. The molecule has 0 spiro atoms. The third kappa shape index (κ3) is 16.4. The monoisotopic (exact) mass is 965 g/mol. The minimum absolute atomic E-state index is 0.206. The number of aliphatic carboxylic acids is 1. The molecule has 0 aliphatic heterocycles. The Morgan fingerprint density at radius 3 is 1.69 bits per heavy atom. The Kier molecular flexibility index (Phi) is 22.3. The molecule has 4 N–H and O–H groups in total. The summed E-state index contributed by atoms with van der Waals surface area (Å²) in [6.07, 6.45) is 6.62. The van der Waals surface area contributed by atoms with Crippen LogP contribution < -0.4 is 22.3 Å². The molecule has 0 unspecified atom stereocenters. The summed E-state index contributed by atoms with van der Waals surface area (Å²) in [4.78, 5) is 62.9. The lowest BCUT2D eigenvalue weighted by Crippen LogP contribution is -2.36. The number of fused-ring (bicyclic) bond motifs is 4. The van der Waals surface area contributed by atoms with Crippen LogP contribution in [-0.2, 0) is 14.4 Å². The molecule has 4 heterocycles. The normalized spacial score (nSPS) is 10.8. The summed E-state index contributed by atoms with van der Waals surface area (Å²) >= 11 is 2.91. The number of carbonyl (C=O) groups excluding carboxylic acids is 2. The molecule has 4 aromatic heterocycles. The molecule has 4 aromatic carbocycles. The van der Waals surface area contributed by atoms with Crippen LogP contribution >= 0.6 is 22.7 Å². The lowest BCUT2D eigenvalue weighted by Gasteiger charge is -2.28. The number of carboxylic acids is 1. The highest BCUT2D eigenvalue weighted by atomic mass is 32.1. The number of carboxylic acid groups (broad SMARTS) is 1. The first-order valence-corrected chi connectivity index (χ1v) is 24.3. The summed E-state index contributed by atoms with van der Waals surface area (Å²) < 4.78 is 26.0. The molecule has 0 saturated carbocycles. The molecule has 0 aliphatic rings. The van der Waals surface area contributed by atoms with Crippen molar-refractivity contribution in [3.8, 4) is 21.1 Å². The van der Waals surface area contributed by atoms with Gasteiger partial charge in [-0.25, -0.2) is 23.9 Å². The average molecular weight is 966 g/mol. The van der Waals surface area contributed by atoms with Crippen molar-refractivity contribution in [3.63, 3.8) is 0 Å². The second-order valence-electron chi connectivity index (χ2n) is 16.0. The summed E-state index contributed by atoms with van der Waals surface area (Å²) in [6, 6.07) is 30.2. The molecule has 16 heteroatoms. The molecule has 0 amide bonds. The van der Waals surface area contributed by atoms with E-state index in [-0.39, 0.29) is 18.2 Å². The van der Waals surface area contributed by atoms with Gasteiger partial charge in [-0.3, -0.25) is 9.69 Å². The predicted octanol–water partition coefficient (Wildman–Crippen LogP) is 12.0. The SMILES string of the molecule is CCCCCN.CCN(C(C)C)C(C)C.O=C(O)CCCCCNc1ccc2cc(-c3nc4ccccc4s3)c(=O)oc2c1.O=C=O.O=c1oc2cc(F)ccc2cc1-c1nc2ccccc2s1. The zero-order valence-electron chi connectivity index (χ0n) is 39.4. The van der Waals surface area contributed by atoms with Gasteiger partial charge in [0.2, 0.25) is 0 Å². The minimum atomic E-state index is -0.757. The van der Waals surface area contributed by atoms with Gasteiger partial charge >= 0.3 is 23.4 Å². The van der Waals surface area contributed by atoms with Gasteiger partial charge in [-0.2, -0.15) is 9.59 Å². The molecule has 0 atom stereocenters. The molecular formula is C52H60FN5O8S2. The number of nitrogens with one attached hydrogen (secondary N) is 1. The fraction of sp³-hybridized carbons (Fsp3) is 0.346. The largest absolute Gasteiger partial charge is 0.481 e. The highest BCUT2D eigenvalue weighted by molar-refractivity contribution is 7.22. The molecular weight excluding hydrogens is 906 g/mol. The summed E-state index contributed by atoms with van der Waals surface area (Å²) in [6.45, 7) is 16.1. The van der Waals surface area contributed by atoms with Gasteiger partial charge in [0.25, 0.3) is 0 Å². The van der Waals surface area contributed by atoms with E-state index in [9.17, 15) is 18.8 Å². The number of rotatable bonds is 15. The first-order chi connectivity index (χ1) is 32.7. The predicted molar refractivity (Wildman–Crippen MR) is 273 cm³/mol. The maximum atomic E-state index is 13.2. The zero-order chi connectivity index (χ0) is 49.6. The van der Waals surface area contributed by atoms with Crippen molar-refractivity contribution in [3.05, 3.63) is 124 Å². The second-order valence-corrected chi connectivity index (χ2v) is 18.1. The van der Waals surface area contributed by atoms with Gasteiger partial charge in [-0.1, -0.05) is 57.4 Å². The third-order valence-corrected chi connectivity index (χ3v) is 12.5. The number of halogens is 1. The number of hydrogen-bond donors (Lipinski definition) is 3. The Bertz CT molecular complexity index is 2910. The second kappa shape index (κ2) is 28.0. The van der Waals surface area contributed by atoms with Crippen molar-refractivity contribution < 1.29 is 32.7 Å². The first-order valence-electron chi connectivity index (χ1n) is 22.7. The van der Waals surface area contributed by atoms with Crippen molar-refractivity contribution in [1.82, 2.24) is 14.9 Å². The van der Waals surface area contributed by atoms with Crippen LogP contribution in [0.4, 0.5) is 10.1 Å². The zero-order valence-corrected chi connectivity index (χ0v) is 41.0. The van der Waals surface area contributed by atoms with Crippen LogP contribution in [-0.4, -0.2) is 63.8 Å². The van der Waals surface area contributed by atoms with Gasteiger partial charge in [0, 0.05) is 53.6 Å². The molecule has 0 saturated heterocycles. The Morgan fingerprint density at radius 1 is 0.735 bits per heavy atom. The number of thiazole rings is 2. The third-order valence-electron chi connectivity index (χ3n) is 10.4. The fourth-order valence-corrected chi connectivity index (χ4v) is 9.05. The van der Waals surface area contributed by atoms with Gasteiger partial charge in [-0.15, -0.1) is 22.7 Å². The summed E-state index contributed by atoms with van der Waals surface area (Å²) in [7, 11) is 0. The minimum Gasteiger partial charge on any atom is -0.481 e. The summed E-state index contributed by atoms with van der Waals surface area (Å²) in [5, 5.41) is 14.7.